The molecule has 2 N–H and O–H groups in total. The van der Waals surface area contributed by atoms with Crippen molar-refractivity contribution in [1.82, 2.24) is 5.32 Å². The third-order valence-electron chi connectivity index (χ3n) is 4.07. The van der Waals surface area contributed by atoms with Gasteiger partial charge >= 0.3 is 10.2 Å². The number of nitrogens with one attached hydrogen (secondary N) is 1. The zero-order valence-electron chi connectivity index (χ0n) is 13.8. The van der Waals surface area contributed by atoms with Crippen LogP contribution in [0.4, 0.5) is 21.5 Å². The highest BCUT2D eigenvalue weighted by Gasteiger charge is 2.41. The van der Waals surface area contributed by atoms with Crippen LogP contribution in [0.25, 0.3) is 0 Å². The first-order valence-corrected chi connectivity index (χ1v) is 9.41. The highest BCUT2D eigenvalue weighted by atomic mass is 32.2. The van der Waals surface area contributed by atoms with Crippen molar-refractivity contribution >= 4 is 27.3 Å². The number of hydrogen-bond acceptors (Lipinski definition) is 4. The van der Waals surface area contributed by atoms with Crippen LogP contribution in [0.1, 0.15) is 12.8 Å². The molecule has 3 rings (SSSR count). The number of halogens is 1. The molecule has 0 aliphatic carbocycles. The number of fused-ring (bicyclic) bond motifs is 1. The fourth-order valence-corrected chi connectivity index (χ4v) is 4.66. The molecule has 25 heavy (non-hydrogen) atoms. The minimum atomic E-state index is -3.94. The Kier molecular flexibility index (Phi) is 4.82. The van der Waals surface area contributed by atoms with E-state index in [0.29, 0.717) is 24.3 Å². The van der Waals surface area contributed by atoms with E-state index in [1.165, 1.54) is 16.4 Å². The maximum atomic E-state index is 14.3. The summed E-state index contributed by atoms with van der Waals surface area (Å²) in [6, 6.07) is 10.3. The first kappa shape index (κ1) is 17.5. The van der Waals surface area contributed by atoms with E-state index >= 15 is 0 Å². The lowest BCUT2D eigenvalue weighted by Gasteiger charge is -2.22. The van der Waals surface area contributed by atoms with Gasteiger partial charge in [0.1, 0.15) is 5.75 Å². The van der Waals surface area contributed by atoms with Crippen LogP contribution < -0.4 is 13.9 Å². The summed E-state index contributed by atoms with van der Waals surface area (Å²) in [4.78, 5) is 0. The molecule has 0 radical (unpaired) electrons. The second-order valence-electron chi connectivity index (χ2n) is 5.78. The number of rotatable bonds is 6. The molecule has 2 aromatic rings. The van der Waals surface area contributed by atoms with Gasteiger partial charge in [0, 0.05) is 12.6 Å². The van der Waals surface area contributed by atoms with Crippen LogP contribution >= 0.6 is 0 Å². The fraction of sp³-hybridized carbons (Fsp3) is 0.294. The molecule has 0 aromatic heterocycles. The van der Waals surface area contributed by atoms with Gasteiger partial charge in [-0.2, -0.15) is 8.42 Å². The van der Waals surface area contributed by atoms with E-state index in [9.17, 15) is 17.9 Å². The molecule has 0 saturated carbocycles. The second kappa shape index (κ2) is 6.89. The zero-order chi connectivity index (χ0) is 18.0. The molecular formula is C17H20FN3O3S. The van der Waals surface area contributed by atoms with Crippen LogP contribution in [0, 0.1) is 5.82 Å². The van der Waals surface area contributed by atoms with Crippen LogP contribution in [-0.2, 0) is 10.2 Å². The summed E-state index contributed by atoms with van der Waals surface area (Å²) in [7, 11) is -2.09. The molecular weight excluding hydrogens is 345 g/mol. The Bertz CT molecular complexity index is 873. The van der Waals surface area contributed by atoms with Gasteiger partial charge in [-0.15, -0.1) is 0 Å². The summed E-state index contributed by atoms with van der Waals surface area (Å²) in [6.07, 6.45) is 1.51. The number of nitrogens with zero attached hydrogens (tertiary/aromatic N) is 2. The van der Waals surface area contributed by atoms with Crippen molar-refractivity contribution in [3.05, 3.63) is 48.3 Å². The number of anilines is 3. The van der Waals surface area contributed by atoms with Gasteiger partial charge in [-0.3, -0.25) is 4.31 Å². The van der Waals surface area contributed by atoms with E-state index in [4.69, 9.17) is 0 Å². The number of aromatic hydroxyl groups is 1. The minimum Gasteiger partial charge on any atom is -0.508 e. The summed E-state index contributed by atoms with van der Waals surface area (Å²) >= 11 is 0. The Morgan fingerprint density at radius 1 is 1.08 bits per heavy atom. The number of phenolic OH excluding ortho intramolecular Hbond substituents is 1. The van der Waals surface area contributed by atoms with E-state index in [0.717, 1.165) is 23.3 Å². The SMILES string of the molecule is CNCCCCN1c2ccccc2N(c2ccc(O)cc2F)S1(=O)=O. The van der Waals surface area contributed by atoms with Gasteiger partial charge < -0.3 is 10.4 Å². The first-order valence-electron chi connectivity index (χ1n) is 8.02. The van der Waals surface area contributed by atoms with E-state index < -0.39 is 16.0 Å². The van der Waals surface area contributed by atoms with E-state index in [-0.39, 0.29) is 11.4 Å². The first-order chi connectivity index (χ1) is 12.0. The lowest BCUT2D eigenvalue weighted by atomic mass is 10.2. The monoisotopic (exact) mass is 365 g/mol. The van der Waals surface area contributed by atoms with E-state index in [1.807, 2.05) is 7.05 Å². The van der Waals surface area contributed by atoms with Crippen molar-refractivity contribution in [2.45, 2.75) is 12.8 Å². The quantitative estimate of drug-likeness (QED) is 0.772. The van der Waals surface area contributed by atoms with Gasteiger partial charge in [-0.05, 0) is 50.7 Å². The summed E-state index contributed by atoms with van der Waals surface area (Å²) < 4.78 is 42.7. The van der Waals surface area contributed by atoms with Gasteiger partial charge in [-0.1, -0.05) is 12.1 Å². The van der Waals surface area contributed by atoms with Crippen molar-refractivity contribution in [1.29, 1.82) is 0 Å². The fourth-order valence-electron chi connectivity index (χ4n) is 2.90. The van der Waals surface area contributed by atoms with Crippen LogP contribution in [0.15, 0.2) is 42.5 Å². The third-order valence-corrected chi connectivity index (χ3v) is 5.86. The summed E-state index contributed by atoms with van der Waals surface area (Å²) in [6.45, 7) is 1.11. The van der Waals surface area contributed by atoms with Gasteiger partial charge in [0.05, 0.1) is 17.1 Å². The molecule has 8 heteroatoms. The highest BCUT2D eigenvalue weighted by molar-refractivity contribution is 7.95. The lowest BCUT2D eigenvalue weighted by Crippen LogP contribution is -2.36. The molecule has 6 nitrogen and oxygen atoms in total. The molecule has 1 aliphatic heterocycles. The van der Waals surface area contributed by atoms with Gasteiger partial charge in [0.15, 0.2) is 5.82 Å². The second-order valence-corrected chi connectivity index (χ2v) is 7.48. The molecule has 2 aromatic carbocycles. The summed E-state index contributed by atoms with van der Waals surface area (Å²) in [5.74, 6) is -1.05. The van der Waals surface area contributed by atoms with Crippen LogP contribution in [0.5, 0.6) is 5.75 Å². The smallest absolute Gasteiger partial charge is 0.331 e. The highest BCUT2D eigenvalue weighted by Crippen LogP contribution is 2.46. The Labute approximate surface area is 146 Å². The number of para-hydroxylation sites is 2. The molecule has 0 amide bonds. The number of hydrogen-bond donors (Lipinski definition) is 2. The molecule has 0 bridgehead atoms. The van der Waals surface area contributed by atoms with Crippen molar-refractivity contribution in [2.75, 3.05) is 28.7 Å². The molecule has 1 heterocycles. The maximum Gasteiger partial charge on any atom is 0.331 e. The number of unbranched alkanes of at least 4 members (excludes halogenated alkanes) is 1. The normalized spacial score (nSPS) is 15.4. The van der Waals surface area contributed by atoms with E-state index in [1.54, 1.807) is 24.3 Å². The zero-order valence-corrected chi connectivity index (χ0v) is 14.6. The van der Waals surface area contributed by atoms with Crippen LogP contribution in [-0.4, -0.2) is 33.7 Å². The van der Waals surface area contributed by atoms with Crippen molar-refractivity contribution in [3.8, 4) is 5.75 Å². The number of phenols is 1. The maximum absolute atomic E-state index is 14.3. The average Bonchev–Trinajstić information content (AvgIpc) is 2.79. The molecule has 0 fully saturated rings. The van der Waals surface area contributed by atoms with Gasteiger partial charge in [0.25, 0.3) is 0 Å². The lowest BCUT2D eigenvalue weighted by molar-refractivity contribution is 0.469. The Hall–Kier alpha value is -2.32. The third kappa shape index (κ3) is 3.14. The molecule has 0 atom stereocenters. The standard InChI is InChI=1S/C17H20FN3O3S/c1-19-10-4-5-11-20-16-6-2-3-7-17(16)21(25(20,23)24)15-9-8-13(22)12-14(15)18/h2-3,6-9,12,19,22H,4-5,10-11H2,1H3. The van der Waals surface area contributed by atoms with Gasteiger partial charge in [0.2, 0.25) is 0 Å². The number of benzene rings is 2. The van der Waals surface area contributed by atoms with Gasteiger partial charge in [-0.25, -0.2) is 8.70 Å². The van der Waals surface area contributed by atoms with Crippen molar-refractivity contribution in [3.63, 3.8) is 0 Å². The molecule has 0 saturated heterocycles. The molecule has 0 spiro atoms. The summed E-state index contributed by atoms with van der Waals surface area (Å²) in [5.41, 5.74) is 0.822. The predicted molar refractivity (Wildman–Crippen MR) is 96.1 cm³/mol. The minimum absolute atomic E-state index is 0.108. The van der Waals surface area contributed by atoms with Crippen molar-refractivity contribution < 1.29 is 17.9 Å². The molecule has 134 valence electrons. The molecule has 1 aliphatic rings. The average molecular weight is 365 g/mol. The Morgan fingerprint density at radius 2 is 1.80 bits per heavy atom. The van der Waals surface area contributed by atoms with Crippen molar-refractivity contribution in [2.24, 2.45) is 0 Å². The van der Waals surface area contributed by atoms with Crippen LogP contribution in [0.3, 0.4) is 0 Å². The van der Waals surface area contributed by atoms with E-state index in [2.05, 4.69) is 5.32 Å². The topological polar surface area (TPSA) is 72.9 Å². The van der Waals surface area contributed by atoms with Crippen LogP contribution in [0.2, 0.25) is 0 Å². The summed E-state index contributed by atoms with van der Waals surface area (Å²) in [5, 5.41) is 12.4. The molecule has 0 unspecified atom stereocenters. The largest absolute Gasteiger partial charge is 0.508 e. The Morgan fingerprint density at radius 3 is 2.48 bits per heavy atom. The Balaban J connectivity index is 2.02. The predicted octanol–water partition coefficient (Wildman–Crippen LogP) is 2.73.